The van der Waals surface area contributed by atoms with E-state index in [1.165, 1.54) is 16.3 Å². The van der Waals surface area contributed by atoms with E-state index in [0.29, 0.717) is 11.8 Å². The Morgan fingerprint density at radius 2 is 1.72 bits per heavy atom. The minimum absolute atomic E-state index is 0.0805. The number of pyridine rings is 1. The molecule has 2 aromatic carbocycles. The lowest BCUT2D eigenvalue weighted by Gasteiger charge is -2.31. The number of carbonyl (C=O) groups excluding carboxylic acids is 1. The molecular weight excluding hydrogens is 480 g/mol. The number of carbonyl (C=O) groups is 1. The Morgan fingerprint density at radius 3 is 2.49 bits per heavy atom. The van der Waals surface area contributed by atoms with Crippen LogP contribution in [0.3, 0.4) is 0 Å². The third-order valence-electron chi connectivity index (χ3n) is 7.78. The first-order chi connectivity index (χ1) is 18.8. The molecule has 0 saturated heterocycles. The van der Waals surface area contributed by atoms with Crippen LogP contribution in [-0.2, 0) is 11.2 Å². The third-order valence-corrected chi connectivity index (χ3v) is 7.78. The number of amides is 1. The highest BCUT2D eigenvalue weighted by molar-refractivity contribution is 5.87. The molecule has 1 aromatic heterocycles. The van der Waals surface area contributed by atoms with Crippen molar-refractivity contribution in [1.82, 2.24) is 20.5 Å². The summed E-state index contributed by atoms with van der Waals surface area (Å²) in [5.41, 5.74) is 3.58. The second-order valence-corrected chi connectivity index (χ2v) is 12.2. The molecule has 39 heavy (non-hydrogen) atoms. The van der Waals surface area contributed by atoms with Crippen molar-refractivity contribution in [3.05, 3.63) is 77.6 Å². The molecule has 1 aliphatic rings. The van der Waals surface area contributed by atoms with Crippen LogP contribution < -0.4 is 10.6 Å². The first-order valence-electron chi connectivity index (χ1n) is 15.0. The van der Waals surface area contributed by atoms with Gasteiger partial charge in [-0.05, 0) is 85.4 Å². The number of benzene rings is 2. The summed E-state index contributed by atoms with van der Waals surface area (Å²) >= 11 is 0. The van der Waals surface area contributed by atoms with Crippen LogP contribution in [0, 0.1) is 11.8 Å². The van der Waals surface area contributed by atoms with Gasteiger partial charge in [0.05, 0.1) is 23.8 Å². The molecule has 2 unspecified atom stereocenters. The summed E-state index contributed by atoms with van der Waals surface area (Å²) in [6.07, 6.45) is 6.86. The molecule has 4 rings (SSSR count). The first-order valence-corrected chi connectivity index (χ1v) is 15.0. The second-order valence-electron chi connectivity index (χ2n) is 12.2. The van der Waals surface area contributed by atoms with Gasteiger partial charge in [-0.1, -0.05) is 76.2 Å². The van der Waals surface area contributed by atoms with E-state index in [0.717, 1.165) is 63.0 Å². The van der Waals surface area contributed by atoms with Crippen LogP contribution in [0.2, 0.25) is 0 Å². The summed E-state index contributed by atoms with van der Waals surface area (Å²) in [5, 5.41) is 9.53. The van der Waals surface area contributed by atoms with Gasteiger partial charge in [-0.15, -0.1) is 0 Å². The van der Waals surface area contributed by atoms with Crippen molar-refractivity contribution in [3.63, 3.8) is 0 Å². The van der Waals surface area contributed by atoms with Gasteiger partial charge < -0.3 is 10.2 Å². The van der Waals surface area contributed by atoms with E-state index in [4.69, 9.17) is 4.98 Å². The Bertz CT molecular complexity index is 1190. The number of nitrogens with one attached hydrogen (secondary N) is 2. The Hall–Kier alpha value is -2.76. The fraction of sp³-hybridized carbons (Fsp3) is 0.529. The molecule has 0 saturated carbocycles. The standard InChI is InChI=1S/C34H48N4O/c1-24(2)22-38(23-25(3)4)21-11-19-32(37-31-18-9-14-28-15-10-20-35-33(28)31)34(39)36-26(5)29-17-8-13-27-12-6-7-16-30(27)29/h6-8,10,12-13,15-17,20,24-26,31-32,37H,9,11,14,18-19,21-23H2,1-5H3,(H,36,39)/t26-,31?,32?/m1/s1. The van der Waals surface area contributed by atoms with Gasteiger partial charge in [0.1, 0.15) is 0 Å². The number of aromatic nitrogens is 1. The van der Waals surface area contributed by atoms with Crippen molar-refractivity contribution in [2.45, 2.75) is 84.8 Å². The van der Waals surface area contributed by atoms with Gasteiger partial charge in [0, 0.05) is 19.3 Å². The zero-order chi connectivity index (χ0) is 27.8. The van der Waals surface area contributed by atoms with Crippen LogP contribution in [0.25, 0.3) is 10.8 Å². The Kier molecular flexibility index (Phi) is 10.5. The topological polar surface area (TPSA) is 57.3 Å². The van der Waals surface area contributed by atoms with E-state index in [2.05, 4.69) is 98.7 Å². The van der Waals surface area contributed by atoms with Gasteiger partial charge in [-0.2, -0.15) is 0 Å². The zero-order valence-corrected chi connectivity index (χ0v) is 24.6. The lowest BCUT2D eigenvalue weighted by atomic mass is 9.91. The molecule has 2 N–H and O–H groups in total. The van der Waals surface area contributed by atoms with Crippen molar-refractivity contribution in [2.75, 3.05) is 19.6 Å². The summed E-state index contributed by atoms with van der Waals surface area (Å²) in [4.78, 5) is 21.2. The highest BCUT2D eigenvalue weighted by Gasteiger charge is 2.28. The van der Waals surface area contributed by atoms with Gasteiger partial charge in [0.15, 0.2) is 0 Å². The van der Waals surface area contributed by atoms with Crippen molar-refractivity contribution in [1.29, 1.82) is 0 Å². The second kappa shape index (κ2) is 14.0. The number of rotatable bonds is 13. The maximum Gasteiger partial charge on any atom is 0.237 e. The fourth-order valence-corrected chi connectivity index (χ4v) is 6.13. The molecule has 210 valence electrons. The number of hydrogen-bond donors (Lipinski definition) is 2. The van der Waals surface area contributed by atoms with Gasteiger partial charge in [-0.25, -0.2) is 0 Å². The molecule has 0 bridgehead atoms. The maximum atomic E-state index is 13.9. The zero-order valence-electron chi connectivity index (χ0n) is 24.6. The molecule has 5 nitrogen and oxygen atoms in total. The van der Waals surface area contributed by atoms with Crippen molar-refractivity contribution in [3.8, 4) is 0 Å². The molecule has 0 spiro atoms. The summed E-state index contributed by atoms with van der Waals surface area (Å²) in [6.45, 7) is 14.4. The van der Waals surface area contributed by atoms with E-state index in [1.54, 1.807) is 0 Å². The smallest absolute Gasteiger partial charge is 0.237 e. The molecule has 0 fully saturated rings. The van der Waals surface area contributed by atoms with Crippen LogP contribution in [0.4, 0.5) is 0 Å². The molecular formula is C34H48N4O. The average molecular weight is 529 g/mol. The van der Waals surface area contributed by atoms with Gasteiger partial charge >= 0.3 is 0 Å². The van der Waals surface area contributed by atoms with E-state index in [-0.39, 0.29) is 24.0 Å². The molecule has 3 atom stereocenters. The van der Waals surface area contributed by atoms with E-state index >= 15 is 0 Å². The van der Waals surface area contributed by atoms with Crippen LogP contribution >= 0.6 is 0 Å². The van der Waals surface area contributed by atoms with Crippen molar-refractivity contribution >= 4 is 16.7 Å². The highest BCUT2D eigenvalue weighted by Crippen LogP contribution is 2.29. The predicted octanol–water partition coefficient (Wildman–Crippen LogP) is 6.84. The average Bonchev–Trinajstić information content (AvgIpc) is 2.91. The summed E-state index contributed by atoms with van der Waals surface area (Å²) in [6, 6.07) is 18.7. The van der Waals surface area contributed by atoms with Crippen LogP contribution in [0.1, 0.15) is 89.2 Å². The SMILES string of the molecule is CC(C)CN(CCCC(NC1CCCc2cccnc21)C(=O)N[C@H](C)c1cccc2ccccc12)CC(C)C. The fourth-order valence-electron chi connectivity index (χ4n) is 6.13. The van der Waals surface area contributed by atoms with Crippen LogP contribution in [-0.4, -0.2) is 41.5 Å². The van der Waals surface area contributed by atoms with Crippen LogP contribution in [0.15, 0.2) is 60.8 Å². The van der Waals surface area contributed by atoms with Gasteiger partial charge in [0.25, 0.3) is 0 Å². The third kappa shape index (κ3) is 8.12. The maximum absolute atomic E-state index is 13.9. The normalized spacial score (nSPS) is 17.0. The lowest BCUT2D eigenvalue weighted by molar-refractivity contribution is -0.124. The van der Waals surface area contributed by atoms with Gasteiger partial charge in [0.2, 0.25) is 5.91 Å². The first kappa shape index (κ1) is 29.2. The monoisotopic (exact) mass is 528 g/mol. The van der Waals surface area contributed by atoms with E-state index in [1.807, 2.05) is 12.3 Å². The molecule has 1 aliphatic carbocycles. The largest absolute Gasteiger partial charge is 0.348 e. The summed E-state index contributed by atoms with van der Waals surface area (Å²) in [7, 11) is 0. The number of nitrogens with zero attached hydrogens (tertiary/aromatic N) is 2. The highest BCUT2D eigenvalue weighted by atomic mass is 16.2. The summed E-state index contributed by atoms with van der Waals surface area (Å²) in [5.74, 6) is 1.34. The van der Waals surface area contributed by atoms with Gasteiger partial charge in [-0.3, -0.25) is 15.1 Å². The van der Waals surface area contributed by atoms with E-state index in [9.17, 15) is 4.79 Å². The van der Waals surface area contributed by atoms with E-state index < -0.39 is 0 Å². The molecule has 1 heterocycles. The summed E-state index contributed by atoms with van der Waals surface area (Å²) < 4.78 is 0. The Labute approximate surface area is 235 Å². The Balaban J connectivity index is 1.49. The predicted molar refractivity (Wildman–Crippen MR) is 163 cm³/mol. The minimum atomic E-state index is -0.264. The van der Waals surface area contributed by atoms with Crippen molar-refractivity contribution < 1.29 is 4.79 Å². The number of hydrogen-bond acceptors (Lipinski definition) is 4. The quantitative estimate of drug-likeness (QED) is 0.255. The van der Waals surface area contributed by atoms with Crippen LogP contribution in [0.5, 0.6) is 0 Å². The number of aryl methyl sites for hydroxylation is 1. The molecule has 5 heteroatoms. The molecule has 1 amide bonds. The molecule has 3 aromatic rings. The Morgan fingerprint density at radius 1 is 0.974 bits per heavy atom. The minimum Gasteiger partial charge on any atom is -0.348 e. The lowest BCUT2D eigenvalue weighted by Crippen LogP contribution is -2.47. The van der Waals surface area contributed by atoms with Crippen molar-refractivity contribution in [2.24, 2.45) is 11.8 Å². The number of fused-ring (bicyclic) bond motifs is 2. The molecule has 0 aliphatic heterocycles. The molecule has 0 radical (unpaired) electrons.